The summed E-state index contributed by atoms with van der Waals surface area (Å²) in [5.41, 5.74) is 0.389. The van der Waals surface area contributed by atoms with Crippen LogP contribution in [0.15, 0.2) is 43.5 Å². The SMILES string of the molecule is C/C=C(\C)C(=O)O.C=CC=C.[CH]=C. The van der Waals surface area contributed by atoms with Crippen molar-refractivity contribution in [3.8, 4) is 0 Å². The number of carbonyl (C=O) groups is 1. The van der Waals surface area contributed by atoms with Crippen LogP contribution in [0.4, 0.5) is 0 Å². The van der Waals surface area contributed by atoms with Gasteiger partial charge in [0.2, 0.25) is 0 Å². The van der Waals surface area contributed by atoms with E-state index in [9.17, 15) is 4.79 Å². The highest BCUT2D eigenvalue weighted by Gasteiger charge is 1.93. The second kappa shape index (κ2) is 16.8. The largest absolute Gasteiger partial charge is 0.478 e. The minimum Gasteiger partial charge on any atom is -0.478 e. The quantitative estimate of drug-likeness (QED) is 0.525. The first kappa shape index (κ1) is 17.5. The molecule has 0 saturated carbocycles. The first-order chi connectivity index (χ1) is 6.09. The monoisotopic (exact) mass is 181 g/mol. The predicted molar refractivity (Wildman–Crippen MR) is 57.4 cm³/mol. The van der Waals surface area contributed by atoms with Crippen molar-refractivity contribution >= 4 is 5.97 Å². The lowest BCUT2D eigenvalue weighted by molar-refractivity contribution is -0.132. The fourth-order valence-electron chi connectivity index (χ4n) is 0.123. The van der Waals surface area contributed by atoms with Gasteiger partial charge < -0.3 is 5.11 Å². The Morgan fingerprint density at radius 1 is 1.31 bits per heavy atom. The average molecular weight is 181 g/mol. The zero-order chi connectivity index (χ0) is 11.3. The topological polar surface area (TPSA) is 37.3 Å². The van der Waals surface area contributed by atoms with Crippen molar-refractivity contribution in [1.29, 1.82) is 0 Å². The van der Waals surface area contributed by atoms with Gasteiger partial charge in [-0.25, -0.2) is 4.79 Å². The summed E-state index contributed by atoms with van der Waals surface area (Å²) in [5.74, 6) is -0.845. The van der Waals surface area contributed by atoms with Crippen LogP contribution < -0.4 is 0 Å². The summed E-state index contributed by atoms with van der Waals surface area (Å²) in [4.78, 5) is 9.86. The van der Waals surface area contributed by atoms with Crippen LogP contribution in [0.25, 0.3) is 0 Å². The molecule has 0 aromatic heterocycles. The Labute approximate surface area is 80.6 Å². The van der Waals surface area contributed by atoms with Crippen LogP contribution in [-0.4, -0.2) is 11.1 Å². The molecule has 0 aromatic rings. The molecule has 0 fully saturated rings. The van der Waals surface area contributed by atoms with E-state index in [1.54, 1.807) is 32.1 Å². The number of hydrogen-bond acceptors (Lipinski definition) is 1. The van der Waals surface area contributed by atoms with E-state index in [1.807, 2.05) is 0 Å². The van der Waals surface area contributed by atoms with Crippen LogP contribution in [-0.2, 0) is 4.79 Å². The molecule has 1 radical (unpaired) electrons. The summed E-state index contributed by atoms with van der Waals surface area (Å²) in [5, 5.41) is 8.11. The van der Waals surface area contributed by atoms with Gasteiger partial charge in [-0.1, -0.05) is 44.5 Å². The van der Waals surface area contributed by atoms with E-state index >= 15 is 0 Å². The first-order valence-corrected chi connectivity index (χ1v) is 3.60. The second-order valence-corrected chi connectivity index (χ2v) is 1.75. The Morgan fingerprint density at radius 2 is 1.62 bits per heavy atom. The lowest BCUT2D eigenvalue weighted by atomic mass is 10.3. The highest BCUT2D eigenvalue weighted by atomic mass is 16.4. The molecule has 2 heteroatoms. The smallest absolute Gasteiger partial charge is 0.330 e. The molecule has 0 aliphatic carbocycles. The fraction of sp³-hybridized carbons (Fsp3) is 0.182. The number of aliphatic carboxylic acids is 1. The van der Waals surface area contributed by atoms with Gasteiger partial charge in [-0.15, -0.1) is 0 Å². The van der Waals surface area contributed by atoms with Gasteiger partial charge in [0.05, 0.1) is 0 Å². The van der Waals surface area contributed by atoms with Crippen molar-refractivity contribution in [2.75, 3.05) is 0 Å². The molecular formula is C11H17O2. The highest BCUT2D eigenvalue weighted by Crippen LogP contribution is 1.87. The molecule has 0 amide bonds. The van der Waals surface area contributed by atoms with E-state index in [4.69, 9.17) is 5.11 Å². The zero-order valence-corrected chi connectivity index (χ0v) is 8.29. The third-order valence-corrected chi connectivity index (χ3v) is 0.937. The Kier molecular flexibility index (Phi) is 22.6. The van der Waals surface area contributed by atoms with Crippen LogP contribution in [0, 0.1) is 6.58 Å². The molecule has 2 nitrogen and oxygen atoms in total. The molecule has 0 rings (SSSR count). The van der Waals surface area contributed by atoms with Gasteiger partial charge in [-0.3, -0.25) is 0 Å². The van der Waals surface area contributed by atoms with Crippen molar-refractivity contribution < 1.29 is 9.90 Å². The summed E-state index contributed by atoms with van der Waals surface area (Å²) in [6.07, 6.45) is 4.84. The summed E-state index contributed by atoms with van der Waals surface area (Å²) in [6.45, 7) is 17.0. The number of allylic oxidation sites excluding steroid dienone is 3. The Balaban J connectivity index is -0.000000142. The molecule has 0 bridgehead atoms. The van der Waals surface area contributed by atoms with Crippen LogP contribution in [0.5, 0.6) is 0 Å². The zero-order valence-electron chi connectivity index (χ0n) is 8.29. The Bertz CT molecular complexity index is 173. The van der Waals surface area contributed by atoms with E-state index in [-0.39, 0.29) is 0 Å². The maximum atomic E-state index is 9.86. The normalized spacial score (nSPS) is 8.00. The Morgan fingerprint density at radius 3 is 1.62 bits per heavy atom. The van der Waals surface area contributed by atoms with Crippen molar-refractivity contribution in [2.45, 2.75) is 13.8 Å². The highest BCUT2D eigenvalue weighted by molar-refractivity contribution is 5.85. The number of carboxylic acids is 1. The van der Waals surface area contributed by atoms with E-state index in [0.29, 0.717) is 5.57 Å². The molecule has 0 atom stereocenters. The van der Waals surface area contributed by atoms with Gasteiger partial charge in [-0.05, 0) is 13.8 Å². The molecule has 73 valence electrons. The van der Waals surface area contributed by atoms with E-state index in [0.717, 1.165) is 0 Å². The van der Waals surface area contributed by atoms with Crippen molar-refractivity contribution in [3.05, 3.63) is 50.1 Å². The maximum Gasteiger partial charge on any atom is 0.330 e. The first-order valence-electron chi connectivity index (χ1n) is 3.60. The molecule has 0 aliphatic heterocycles. The van der Waals surface area contributed by atoms with Crippen molar-refractivity contribution in [3.63, 3.8) is 0 Å². The van der Waals surface area contributed by atoms with Gasteiger partial charge in [0.1, 0.15) is 0 Å². The third kappa shape index (κ3) is 25.1. The molecule has 0 aliphatic rings. The van der Waals surface area contributed by atoms with Crippen LogP contribution in [0.1, 0.15) is 13.8 Å². The molecule has 0 unspecified atom stereocenters. The minimum absolute atomic E-state index is 0.389. The van der Waals surface area contributed by atoms with Gasteiger partial charge in [-0.2, -0.15) is 0 Å². The van der Waals surface area contributed by atoms with Gasteiger partial charge in [0.15, 0.2) is 0 Å². The predicted octanol–water partition coefficient (Wildman–Crippen LogP) is 3.00. The summed E-state index contributed by atoms with van der Waals surface area (Å²) in [6, 6.07) is 0. The summed E-state index contributed by atoms with van der Waals surface area (Å²) < 4.78 is 0. The van der Waals surface area contributed by atoms with Crippen LogP contribution in [0.2, 0.25) is 0 Å². The standard InChI is InChI=1S/C5H8O2.C4H6.C2H3/c1-3-4(2)5(6)7;1-3-4-2;1-2/h3H,1-2H3,(H,6,7);3-4H,1-2H2;1H,2H2/b4-3+;;. The molecule has 0 heterocycles. The average Bonchev–Trinajstić information content (AvgIpc) is 2.19. The number of hydrogen-bond donors (Lipinski definition) is 1. The second-order valence-electron chi connectivity index (χ2n) is 1.75. The fourth-order valence-corrected chi connectivity index (χ4v) is 0.123. The Hall–Kier alpha value is -1.57. The molecular weight excluding hydrogens is 164 g/mol. The lowest BCUT2D eigenvalue weighted by Crippen LogP contribution is -1.93. The minimum atomic E-state index is -0.845. The molecule has 0 saturated heterocycles. The lowest BCUT2D eigenvalue weighted by Gasteiger charge is -1.84. The summed E-state index contributed by atoms with van der Waals surface area (Å²) in [7, 11) is 0. The van der Waals surface area contributed by atoms with Gasteiger partial charge in [0, 0.05) is 5.57 Å². The molecule has 13 heavy (non-hydrogen) atoms. The van der Waals surface area contributed by atoms with E-state index in [1.165, 1.54) is 0 Å². The van der Waals surface area contributed by atoms with E-state index in [2.05, 4.69) is 26.3 Å². The van der Waals surface area contributed by atoms with Crippen LogP contribution >= 0.6 is 0 Å². The van der Waals surface area contributed by atoms with Crippen LogP contribution in [0.3, 0.4) is 0 Å². The van der Waals surface area contributed by atoms with Crippen molar-refractivity contribution in [2.24, 2.45) is 0 Å². The number of carboxylic acid groups (broad SMARTS) is 1. The van der Waals surface area contributed by atoms with Gasteiger partial charge >= 0.3 is 5.97 Å². The number of rotatable bonds is 2. The molecule has 0 spiro atoms. The molecule has 0 aromatic carbocycles. The van der Waals surface area contributed by atoms with Gasteiger partial charge in [0.25, 0.3) is 0 Å². The molecule has 1 N–H and O–H groups in total. The van der Waals surface area contributed by atoms with Crippen molar-refractivity contribution in [1.82, 2.24) is 0 Å². The third-order valence-electron chi connectivity index (χ3n) is 0.937. The maximum absolute atomic E-state index is 9.86. The van der Waals surface area contributed by atoms with E-state index < -0.39 is 5.97 Å². The summed E-state index contributed by atoms with van der Waals surface area (Å²) >= 11 is 0.